The van der Waals surface area contributed by atoms with E-state index in [-0.39, 0.29) is 5.91 Å². The van der Waals surface area contributed by atoms with Crippen molar-refractivity contribution in [2.75, 3.05) is 0 Å². The lowest BCUT2D eigenvalue weighted by Crippen LogP contribution is -2.29. The molecule has 66 valence electrons. The molecule has 1 amide bonds. The molecule has 1 atom stereocenters. The zero-order valence-corrected chi connectivity index (χ0v) is 7.98. The highest BCUT2D eigenvalue weighted by Gasteiger charge is 2.22. The summed E-state index contributed by atoms with van der Waals surface area (Å²) in [6.07, 6.45) is 1.75. The fourth-order valence-electron chi connectivity index (χ4n) is 1.14. The first-order valence-corrected chi connectivity index (χ1v) is 4.49. The Balaban J connectivity index is 0.000000461. The van der Waals surface area contributed by atoms with E-state index in [4.69, 9.17) is 0 Å². The Morgan fingerprint density at radius 1 is 1.45 bits per heavy atom. The molecule has 0 saturated carbocycles. The monoisotopic (exact) mass is 157 g/mol. The molecule has 0 radical (unpaired) electrons. The zero-order chi connectivity index (χ0) is 8.85. The molecular formula is C9H19NO. The summed E-state index contributed by atoms with van der Waals surface area (Å²) in [6, 6.07) is 0.442. The molecule has 1 N–H and O–H groups in total. The van der Waals surface area contributed by atoms with Crippen LogP contribution in [-0.2, 0) is 4.79 Å². The van der Waals surface area contributed by atoms with Crippen LogP contribution in [0, 0.1) is 5.92 Å². The Labute approximate surface area is 69.4 Å². The van der Waals surface area contributed by atoms with Crippen LogP contribution in [0.5, 0.6) is 0 Å². The van der Waals surface area contributed by atoms with E-state index < -0.39 is 0 Å². The van der Waals surface area contributed by atoms with Gasteiger partial charge < -0.3 is 5.32 Å². The van der Waals surface area contributed by atoms with E-state index in [1.54, 1.807) is 0 Å². The summed E-state index contributed by atoms with van der Waals surface area (Å²) in [5.41, 5.74) is 0. The fraction of sp³-hybridized carbons (Fsp3) is 0.889. The number of nitrogens with one attached hydrogen (secondary N) is 1. The Morgan fingerprint density at radius 2 is 2.00 bits per heavy atom. The van der Waals surface area contributed by atoms with Crippen LogP contribution in [0.15, 0.2) is 0 Å². The van der Waals surface area contributed by atoms with Gasteiger partial charge in [0.2, 0.25) is 5.91 Å². The highest BCUT2D eigenvalue weighted by atomic mass is 16.1. The molecule has 1 unspecified atom stereocenters. The van der Waals surface area contributed by atoms with Crippen LogP contribution in [0.25, 0.3) is 0 Å². The lowest BCUT2D eigenvalue weighted by molar-refractivity contribution is -0.119. The molecule has 1 aliphatic heterocycles. The minimum Gasteiger partial charge on any atom is -0.353 e. The van der Waals surface area contributed by atoms with Gasteiger partial charge in [-0.1, -0.05) is 27.7 Å². The summed E-state index contributed by atoms with van der Waals surface area (Å²) in [6.45, 7) is 8.27. The van der Waals surface area contributed by atoms with Crippen molar-refractivity contribution in [1.82, 2.24) is 5.32 Å². The lowest BCUT2D eigenvalue weighted by atomic mass is 10.0. The molecule has 2 heteroatoms. The van der Waals surface area contributed by atoms with E-state index in [2.05, 4.69) is 19.2 Å². The Hall–Kier alpha value is -0.530. The molecule has 1 saturated heterocycles. The standard InChI is InChI=1S/C7H13NO.C2H6/c1-5(2)6-3-4-7(9)8-6;1-2/h5-6H,3-4H2,1-2H3,(H,8,9);1-2H3. The van der Waals surface area contributed by atoms with E-state index in [9.17, 15) is 4.79 Å². The van der Waals surface area contributed by atoms with Crippen molar-refractivity contribution in [3.05, 3.63) is 0 Å². The van der Waals surface area contributed by atoms with Crippen LogP contribution in [0.4, 0.5) is 0 Å². The molecule has 0 aromatic heterocycles. The van der Waals surface area contributed by atoms with Crippen molar-refractivity contribution in [3.8, 4) is 0 Å². The first-order chi connectivity index (χ1) is 5.20. The van der Waals surface area contributed by atoms with Crippen molar-refractivity contribution in [1.29, 1.82) is 0 Å². The molecule has 2 nitrogen and oxygen atoms in total. The molecular weight excluding hydrogens is 138 g/mol. The molecule has 0 aliphatic carbocycles. The third-order valence-corrected chi connectivity index (χ3v) is 1.83. The average molecular weight is 157 g/mol. The van der Waals surface area contributed by atoms with Gasteiger partial charge in [0.25, 0.3) is 0 Å². The van der Waals surface area contributed by atoms with Crippen molar-refractivity contribution in [2.24, 2.45) is 5.92 Å². The van der Waals surface area contributed by atoms with E-state index in [0.29, 0.717) is 12.0 Å². The highest BCUT2D eigenvalue weighted by Crippen LogP contribution is 2.13. The van der Waals surface area contributed by atoms with E-state index in [1.165, 1.54) is 0 Å². The van der Waals surface area contributed by atoms with Gasteiger partial charge in [-0.2, -0.15) is 0 Å². The number of hydrogen-bond acceptors (Lipinski definition) is 1. The fourth-order valence-corrected chi connectivity index (χ4v) is 1.14. The smallest absolute Gasteiger partial charge is 0.220 e. The first-order valence-electron chi connectivity index (χ1n) is 4.49. The first kappa shape index (κ1) is 10.5. The maximum Gasteiger partial charge on any atom is 0.220 e. The molecule has 1 heterocycles. The minimum atomic E-state index is 0.216. The van der Waals surface area contributed by atoms with Crippen LogP contribution in [0.3, 0.4) is 0 Å². The van der Waals surface area contributed by atoms with Crippen molar-refractivity contribution >= 4 is 5.91 Å². The number of hydrogen-bond donors (Lipinski definition) is 1. The van der Waals surface area contributed by atoms with E-state index in [0.717, 1.165) is 12.8 Å². The van der Waals surface area contributed by atoms with Crippen molar-refractivity contribution < 1.29 is 4.79 Å². The summed E-state index contributed by atoms with van der Waals surface area (Å²) < 4.78 is 0. The number of amides is 1. The summed E-state index contributed by atoms with van der Waals surface area (Å²) >= 11 is 0. The minimum absolute atomic E-state index is 0.216. The van der Waals surface area contributed by atoms with Crippen LogP contribution in [-0.4, -0.2) is 11.9 Å². The number of carbonyl (C=O) groups excluding carboxylic acids is 1. The number of carbonyl (C=O) groups is 1. The topological polar surface area (TPSA) is 29.1 Å². The third-order valence-electron chi connectivity index (χ3n) is 1.83. The van der Waals surface area contributed by atoms with Crippen LogP contribution in [0.1, 0.15) is 40.5 Å². The SMILES string of the molecule is CC.CC(C)C1CCC(=O)N1. The van der Waals surface area contributed by atoms with Gasteiger partial charge >= 0.3 is 0 Å². The van der Waals surface area contributed by atoms with Crippen LogP contribution in [0.2, 0.25) is 0 Å². The summed E-state index contributed by atoms with van der Waals surface area (Å²) in [5, 5.41) is 2.91. The third kappa shape index (κ3) is 3.40. The van der Waals surface area contributed by atoms with Gasteiger partial charge in [0.05, 0.1) is 0 Å². The van der Waals surface area contributed by atoms with Crippen LogP contribution >= 0.6 is 0 Å². The molecule has 11 heavy (non-hydrogen) atoms. The van der Waals surface area contributed by atoms with Gasteiger partial charge in [0.15, 0.2) is 0 Å². The molecule has 1 aliphatic rings. The molecule has 0 spiro atoms. The van der Waals surface area contributed by atoms with Crippen LogP contribution < -0.4 is 5.32 Å². The summed E-state index contributed by atoms with van der Waals surface area (Å²) in [4.78, 5) is 10.6. The normalized spacial score (nSPS) is 22.6. The predicted octanol–water partition coefficient (Wildman–Crippen LogP) is 1.95. The molecule has 1 rings (SSSR count). The van der Waals surface area contributed by atoms with Gasteiger partial charge in [-0.05, 0) is 12.3 Å². The Morgan fingerprint density at radius 3 is 2.18 bits per heavy atom. The Kier molecular flexibility index (Phi) is 4.92. The average Bonchev–Trinajstić information content (AvgIpc) is 2.40. The van der Waals surface area contributed by atoms with Gasteiger partial charge in [-0.25, -0.2) is 0 Å². The van der Waals surface area contributed by atoms with E-state index >= 15 is 0 Å². The maximum atomic E-state index is 10.6. The van der Waals surface area contributed by atoms with Gasteiger partial charge in [-0.15, -0.1) is 0 Å². The summed E-state index contributed by atoms with van der Waals surface area (Å²) in [7, 11) is 0. The Bertz CT molecular complexity index is 121. The van der Waals surface area contributed by atoms with Crippen molar-refractivity contribution in [2.45, 2.75) is 46.6 Å². The molecule has 0 aromatic carbocycles. The van der Waals surface area contributed by atoms with Gasteiger partial charge in [0, 0.05) is 12.5 Å². The quantitative estimate of drug-likeness (QED) is 0.619. The second-order valence-electron chi connectivity index (χ2n) is 2.96. The molecule has 1 fully saturated rings. The van der Waals surface area contributed by atoms with Gasteiger partial charge in [0.1, 0.15) is 0 Å². The summed E-state index contributed by atoms with van der Waals surface area (Å²) in [5.74, 6) is 0.810. The second-order valence-corrected chi connectivity index (χ2v) is 2.96. The van der Waals surface area contributed by atoms with Crippen molar-refractivity contribution in [3.63, 3.8) is 0 Å². The largest absolute Gasteiger partial charge is 0.353 e. The highest BCUT2D eigenvalue weighted by molar-refractivity contribution is 5.78. The van der Waals surface area contributed by atoms with Gasteiger partial charge in [-0.3, -0.25) is 4.79 Å². The van der Waals surface area contributed by atoms with E-state index in [1.807, 2.05) is 13.8 Å². The maximum absolute atomic E-state index is 10.6. The zero-order valence-electron chi connectivity index (χ0n) is 7.98. The molecule has 0 aromatic rings. The molecule has 0 bridgehead atoms. The second kappa shape index (κ2) is 5.16. The number of rotatable bonds is 1. The predicted molar refractivity (Wildman–Crippen MR) is 47.4 cm³/mol. The lowest BCUT2D eigenvalue weighted by Gasteiger charge is -2.12.